The van der Waals surface area contributed by atoms with E-state index in [1.54, 1.807) is 17.7 Å². The second kappa shape index (κ2) is 7.90. The molecular weight excluding hydrogens is 396 g/mol. The van der Waals surface area contributed by atoms with Crippen LogP contribution in [0.25, 0.3) is 20.4 Å². The normalized spacial score (nSPS) is 18.3. The van der Waals surface area contributed by atoms with Crippen molar-refractivity contribution in [2.75, 3.05) is 36.4 Å². The molecule has 0 unspecified atom stereocenters. The van der Waals surface area contributed by atoms with E-state index < -0.39 is 0 Å². The number of aromatic amines is 1. The first kappa shape index (κ1) is 19.9. The Labute approximate surface area is 181 Å². The molecule has 0 bridgehead atoms. The third-order valence-electron chi connectivity index (χ3n) is 6.26. The van der Waals surface area contributed by atoms with Crippen molar-refractivity contribution in [3.8, 4) is 0 Å². The minimum absolute atomic E-state index is 0.167. The summed E-state index contributed by atoms with van der Waals surface area (Å²) in [4.78, 5) is 16.8. The van der Waals surface area contributed by atoms with Crippen molar-refractivity contribution in [2.45, 2.75) is 58.2 Å². The summed E-state index contributed by atoms with van der Waals surface area (Å²) >= 11 is 1.78. The second-order valence-electron chi connectivity index (χ2n) is 9.04. The lowest BCUT2D eigenvalue weighted by molar-refractivity contribution is -0.368. The average molecular weight is 429 g/mol. The number of thiophene rings is 1. The number of pyridine rings is 1. The van der Waals surface area contributed by atoms with Crippen LogP contribution in [0.5, 0.6) is 0 Å². The van der Waals surface area contributed by atoms with E-state index in [1.807, 2.05) is 0 Å². The van der Waals surface area contributed by atoms with Crippen molar-refractivity contribution < 1.29 is 15.5 Å². The molecule has 8 heteroatoms. The van der Waals surface area contributed by atoms with Crippen molar-refractivity contribution in [3.63, 3.8) is 0 Å². The molecule has 2 aliphatic heterocycles. The van der Waals surface area contributed by atoms with Gasteiger partial charge in [0.2, 0.25) is 0 Å². The van der Waals surface area contributed by atoms with E-state index >= 15 is 0 Å². The minimum Gasteiger partial charge on any atom is -0.370 e. The van der Waals surface area contributed by atoms with E-state index in [9.17, 15) is 0 Å². The van der Waals surface area contributed by atoms with Crippen LogP contribution in [0.15, 0.2) is 6.33 Å². The Balaban J connectivity index is 1.66. The number of aromatic nitrogens is 3. The van der Waals surface area contributed by atoms with Crippen LogP contribution in [-0.4, -0.2) is 41.7 Å². The van der Waals surface area contributed by atoms with Crippen LogP contribution in [-0.2, 0) is 17.8 Å². The number of anilines is 2. The standard InChI is InChI=1S/C22H30N6OS/c1-22(2)11-14-15(12-29-22)20(28-9-5-6-10-28)27-21-16(14)17-18(30-21)19(26-13-25-17)24-8-4-3-7-23/h13H,3-12,23H2,1-2H3,(H,24,25,26)/p+2. The highest BCUT2D eigenvalue weighted by atomic mass is 32.1. The Morgan fingerprint density at radius 2 is 2.07 bits per heavy atom. The fourth-order valence-electron chi connectivity index (χ4n) is 4.69. The van der Waals surface area contributed by atoms with Crippen LogP contribution in [0.4, 0.5) is 11.6 Å². The van der Waals surface area contributed by atoms with Crippen molar-refractivity contribution in [1.29, 1.82) is 0 Å². The molecular formula is C22H32N6OS+2. The molecule has 7 nitrogen and oxygen atoms in total. The third kappa shape index (κ3) is 3.50. The van der Waals surface area contributed by atoms with Crippen LogP contribution >= 0.6 is 11.3 Å². The van der Waals surface area contributed by atoms with Crippen molar-refractivity contribution in [1.82, 2.24) is 9.97 Å². The third-order valence-corrected chi connectivity index (χ3v) is 7.36. The number of unbranched alkanes of at least 4 members (excludes halogenated alkanes) is 1. The van der Waals surface area contributed by atoms with E-state index in [2.05, 4.69) is 39.8 Å². The lowest BCUT2D eigenvalue weighted by atomic mass is 9.90. The van der Waals surface area contributed by atoms with Gasteiger partial charge in [0.05, 0.1) is 48.3 Å². The number of rotatable bonds is 6. The first-order valence-corrected chi connectivity index (χ1v) is 12.0. The fraction of sp³-hybridized carbons (Fsp3) is 0.591. The number of hydrogen-bond acceptors (Lipinski definition) is 6. The predicted molar refractivity (Wildman–Crippen MR) is 121 cm³/mol. The summed E-state index contributed by atoms with van der Waals surface area (Å²) in [7, 11) is 0. The molecule has 0 aliphatic carbocycles. The van der Waals surface area contributed by atoms with Gasteiger partial charge >= 0.3 is 0 Å². The molecule has 5 N–H and O–H groups in total. The monoisotopic (exact) mass is 428 g/mol. The summed E-state index contributed by atoms with van der Waals surface area (Å²) in [6.07, 6.45) is 7.34. The van der Waals surface area contributed by atoms with Crippen LogP contribution in [0.1, 0.15) is 50.7 Å². The number of quaternary nitrogens is 1. The number of nitrogens with zero attached hydrogens (tertiary/aromatic N) is 3. The molecule has 0 atom stereocenters. The van der Waals surface area contributed by atoms with E-state index in [0.717, 1.165) is 61.5 Å². The average Bonchev–Trinajstić information content (AvgIpc) is 3.38. The molecule has 0 radical (unpaired) electrons. The van der Waals surface area contributed by atoms with Gasteiger partial charge in [0.15, 0.2) is 4.83 Å². The van der Waals surface area contributed by atoms with Gasteiger partial charge in [-0.15, -0.1) is 0 Å². The lowest BCUT2D eigenvalue weighted by Gasteiger charge is -2.32. The summed E-state index contributed by atoms with van der Waals surface area (Å²) in [5.74, 6) is 2.19. The fourth-order valence-corrected chi connectivity index (χ4v) is 5.84. The van der Waals surface area contributed by atoms with E-state index in [-0.39, 0.29) is 5.60 Å². The highest BCUT2D eigenvalue weighted by Crippen LogP contribution is 2.42. The van der Waals surface area contributed by atoms with Gasteiger partial charge in [0, 0.05) is 13.0 Å². The van der Waals surface area contributed by atoms with Gasteiger partial charge < -0.3 is 15.8 Å². The van der Waals surface area contributed by atoms with Crippen LogP contribution < -0.4 is 20.9 Å². The van der Waals surface area contributed by atoms with E-state index in [1.165, 1.54) is 40.0 Å². The quantitative estimate of drug-likeness (QED) is 0.589. The first-order valence-electron chi connectivity index (χ1n) is 11.1. The molecule has 0 aromatic carbocycles. The zero-order valence-corrected chi connectivity index (χ0v) is 18.8. The molecule has 3 aromatic heterocycles. The summed E-state index contributed by atoms with van der Waals surface area (Å²) < 4.78 is 7.38. The molecule has 0 saturated carbocycles. The maximum absolute atomic E-state index is 6.24. The molecule has 0 amide bonds. The molecule has 1 fully saturated rings. The van der Waals surface area contributed by atoms with Gasteiger partial charge in [-0.2, -0.15) is 0 Å². The molecule has 30 heavy (non-hydrogen) atoms. The van der Waals surface area contributed by atoms with Crippen LogP contribution in [0.3, 0.4) is 0 Å². The Morgan fingerprint density at radius 3 is 2.87 bits per heavy atom. The lowest BCUT2D eigenvalue weighted by Crippen LogP contribution is -2.50. The molecule has 5 heterocycles. The van der Waals surface area contributed by atoms with Gasteiger partial charge in [-0.25, -0.2) is 15.0 Å². The van der Waals surface area contributed by atoms with Crippen molar-refractivity contribution in [2.24, 2.45) is 0 Å². The van der Waals surface area contributed by atoms with Gasteiger partial charge in [0.25, 0.3) is 5.82 Å². The van der Waals surface area contributed by atoms with Crippen molar-refractivity contribution in [3.05, 3.63) is 17.5 Å². The number of nitrogens with one attached hydrogen (secondary N) is 2. The molecule has 1 saturated heterocycles. The largest absolute Gasteiger partial charge is 0.370 e. The predicted octanol–water partition coefficient (Wildman–Crippen LogP) is 2.54. The van der Waals surface area contributed by atoms with Gasteiger partial charge in [-0.3, -0.25) is 4.90 Å². The molecule has 160 valence electrons. The first-order chi connectivity index (χ1) is 14.6. The minimum atomic E-state index is -0.167. The zero-order valence-electron chi connectivity index (χ0n) is 18.0. The molecule has 0 spiro atoms. The van der Waals surface area contributed by atoms with Crippen LogP contribution in [0.2, 0.25) is 0 Å². The van der Waals surface area contributed by atoms with Crippen LogP contribution in [0, 0.1) is 0 Å². The van der Waals surface area contributed by atoms with Gasteiger partial charge in [-0.1, -0.05) is 11.3 Å². The van der Waals surface area contributed by atoms with Crippen molar-refractivity contribution >= 4 is 43.4 Å². The summed E-state index contributed by atoms with van der Waals surface area (Å²) in [6, 6.07) is 0. The number of H-pyrrole nitrogens is 1. The highest BCUT2D eigenvalue weighted by molar-refractivity contribution is 7.25. The second-order valence-corrected chi connectivity index (χ2v) is 10.1. The highest BCUT2D eigenvalue weighted by Gasteiger charge is 2.36. The molecule has 2 aliphatic rings. The maximum Gasteiger partial charge on any atom is 0.281 e. The maximum atomic E-state index is 6.24. The Hall–Kier alpha value is -2.03. The zero-order chi connectivity index (χ0) is 20.7. The number of ether oxygens (including phenoxy) is 1. The molecule has 3 aromatic rings. The number of fused-ring (bicyclic) bond motifs is 5. The smallest absolute Gasteiger partial charge is 0.281 e. The molecule has 5 rings (SSSR count). The number of hydrogen-bond donors (Lipinski definition) is 2. The summed E-state index contributed by atoms with van der Waals surface area (Å²) in [6.45, 7) is 9.14. The van der Waals surface area contributed by atoms with Gasteiger partial charge in [-0.05, 0) is 45.1 Å². The van der Waals surface area contributed by atoms with E-state index in [4.69, 9.17) is 9.72 Å². The Kier molecular flexibility index (Phi) is 5.24. The summed E-state index contributed by atoms with van der Waals surface area (Å²) in [5, 5.41) is 4.79. The SMILES string of the molecule is CC1(C)Cc2c(c(N3CCCC3)[nH+]c3sc4c(NCCCC[NH3+])ncnc4c23)CO1. The topological polar surface area (TPSA) is 92.1 Å². The summed E-state index contributed by atoms with van der Waals surface area (Å²) in [5.41, 5.74) is 7.53. The van der Waals surface area contributed by atoms with E-state index in [0.29, 0.717) is 6.61 Å². The van der Waals surface area contributed by atoms with Gasteiger partial charge in [0.1, 0.15) is 16.8 Å². The Bertz CT molecular complexity index is 1070. The Morgan fingerprint density at radius 1 is 1.23 bits per heavy atom.